The molecule has 2 rings (SSSR count). The number of nitrogens with zero attached hydrogens (tertiary/aromatic N) is 6. The van der Waals surface area contributed by atoms with Crippen LogP contribution in [0.1, 0.15) is 18.3 Å². The van der Waals surface area contributed by atoms with Gasteiger partial charge in [-0.05, 0) is 26.0 Å². The summed E-state index contributed by atoms with van der Waals surface area (Å²) in [5, 5.41) is 0. The van der Waals surface area contributed by atoms with Crippen molar-refractivity contribution in [3.63, 3.8) is 0 Å². The zero-order chi connectivity index (χ0) is 15.4. The van der Waals surface area contributed by atoms with Gasteiger partial charge < -0.3 is 15.5 Å². The van der Waals surface area contributed by atoms with Crippen molar-refractivity contribution in [3.8, 4) is 0 Å². The molecule has 0 saturated carbocycles. The first-order chi connectivity index (χ1) is 9.99. The minimum absolute atomic E-state index is 0.222. The summed E-state index contributed by atoms with van der Waals surface area (Å²) in [6.07, 6.45) is 0. The molecule has 0 bridgehead atoms. The SMILES string of the molecule is CCN(Cc1cccc(C)n1)c1nc(N)nc(N(C)C)n1. The van der Waals surface area contributed by atoms with Crippen LogP contribution in [0.5, 0.6) is 0 Å². The Hall–Kier alpha value is -2.44. The molecule has 0 aromatic carbocycles. The Bertz CT molecular complexity index is 612. The number of aromatic nitrogens is 4. The first kappa shape index (κ1) is 15.0. The molecule has 0 aliphatic rings. The smallest absolute Gasteiger partial charge is 0.232 e. The highest BCUT2D eigenvalue weighted by atomic mass is 15.3. The van der Waals surface area contributed by atoms with E-state index in [0.717, 1.165) is 17.9 Å². The Kier molecular flexibility index (Phi) is 4.52. The lowest BCUT2D eigenvalue weighted by atomic mass is 10.3. The normalized spacial score (nSPS) is 10.5. The Labute approximate surface area is 124 Å². The lowest BCUT2D eigenvalue weighted by molar-refractivity contribution is 0.764. The summed E-state index contributed by atoms with van der Waals surface area (Å²) in [4.78, 5) is 21.1. The average Bonchev–Trinajstić information content (AvgIpc) is 2.44. The molecule has 0 saturated heterocycles. The third kappa shape index (κ3) is 3.77. The summed E-state index contributed by atoms with van der Waals surface area (Å²) in [6, 6.07) is 5.97. The number of nitrogens with two attached hydrogens (primary N) is 1. The average molecular weight is 287 g/mol. The van der Waals surface area contributed by atoms with Gasteiger partial charge in [0.2, 0.25) is 17.8 Å². The third-order valence-corrected chi connectivity index (χ3v) is 2.99. The fourth-order valence-corrected chi connectivity index (χ4v) is 1.92. The molecular formula is C14H21N7. The van der Waals surface area contributed by atoms with Gasteiger partial charge in [0.05, 0.1) is 12.2 Å². The van der Waals surface area contributed by atoms with E-state index in [1.165, 1.54) is 0 Å². The maximum absolute atomic E-state index is 5.78. The van der Waals surface area contributed by atoms with Gasteiger partial charge in [-0.25, -0.2) is 0 Å². The van der Waals surface area contributed by atoms with Crippen molar-refractivity contribution in [1.82, 2.24) is 19.9 Å². The molecule has 21 heavy (non-hydrogen) atoms. The highest BCUT2D eigenvalue weighted by Gasteiger charge is 2.13. The summed E-state index contributed by atoms with van der Waals surface area (Å²) in [5.41, 5.74) is 7.74. The molecular weight excluding hydrogens is 266 g/mol. The number of aryl methyl sites for hydroxylation is 1. The summed E-state index contributed by atoms with van der Waals surface area (Å²) in [5.74, 6) is 1.34. The topological polar surface area (TPSA) is 84.1 Å². The van der Waals surface area contributed by atoms with Crippen molar-refractivity contribution < 1.29 is 0 Å². The van der Waals surface area contributed by atoms with Crippen LogP contribution in [-0.2, 0) is 6.54 Å². The van der Waals surface area contributed by atoms with Crippen molar-refractivity contribution in [1.29, 1.82) is 0 Å². The van der Waals surface area contributed by atoms with Crippen molar-refractivity contribution in [2.45, 2.75) is 20.4 Å². The molecule has 0 unspecified atom stereocenters. The predicted molar refractivity (Wildman–Crippen MR) is 84.3 cm³/mol. The van der Waals surface area contributed by atoms with Crippen LogP contribution < -0.4 is 15.5 Å². The molecule has 0 radical (unpaired) electrons. The second-order valence-corrected chi connectivity index (χ2v) is 4.97. The molecule has 0 spiro atoms. The fraction of sp³-hybridized carbons (Fsp3) is 0.429. The van der Waals surface area contributed by atoms with Crippen LogP contribution in [0.15, 0.2) is 18.2 Å². The fourth-order valence-electron chi connectivity index (χ4n) is 1.92. The minimum Gasteiger partial charge on any atom is -0.368 e. The molecule has 0 aliphatic heterocycles. The zero-order valence-electron chi connectivity index (χ0n) is 12.9. The Morgan fingerprint density at radius 2 is 1.76 bits per heavy atom. The highest BCUT2D eigenvalue weighted by Crippen LogP contribution is 2.15. The van der Waals surface area contributed by atoms with E-state index in [2.05, 4.69) is 19.9 Å². The van der Waals surface area contributed by atoms with Gasteiger partial charge in [0.15, 0.2) is 0 Å². The highest BCUT2D eigenvalue weighted by molar-refractivity contribution is 5.42. The number of rotatable bonds is 5. The molecule has 0 fully saturated rings. The standard InChI is InChI=1S/C14H21N7/c1-5-21(9-11-8-6-7-10(2)16-11)14-18-12(15)17-13(19-14)20(3)4/h6-8H,5,9H2,1-4H3,(H2,15,17,18,19). The van der Waals surface area contributed by atoms with Crippen LogP contribution in [0.3, 0.4) is 0 Å². The largest absolute Gasteiger partial charge is 0.368 e. The van der Waals surface area contributed by atoms with Crippen LogP contribution in [0.2, 0.25) is 0 Å². The first-order valence-electron chi connectivity index (χ1n) is 6.86. The second-order valence-electron chi connectivity index (χ2n) is 4.97. The van der Waals surface area contributed by atoms with E-state index in [1.807, 2.05) is 51.0 Å². The summed E-state index contributed by atoms with van der Waals surface area (Å²) >= 11 is 0. The van der Waals surface area contributed by atoms with Crippen molar-refractivity contribution in [2.75, 3.05) is 36.2 Å². The van der Waals surface area contributed by atoms with Crippen LogP contribution in [0.4, 0.5) is 17.8 Å². The second kappa shape index (κ2) is 6.34. The predicted octanol–water partition coefficient (Wildman–Crippen LogP) is 1.25. The molecule has 2 aromatic rings. The summed E-state index contributed by atoms with van der Waals surface area (Å²) in [7, 11) is 3.74. The quantitative estimate of drug-likeness (QED) is 0.885. The Morgan fingerprint density at radius 1 is 1.05 bits per heavy atom. The van der Waals surface area contributed by atoms with Crippen LogP contribution in [-0.4, -0.2) is 40.6 Å². The van der Waals surface area contributed by atoms with Crippen LogP contribution in [0.25, 0.3) is 0 Å². The minimum atomic E-state index is 0.222. The molecule has 112 valence electrons. The number of nitrogen functional groups attached to an aromatic ring is 1. The molecule has 7 nitrogen and oxygen atoms in total. The van der Waals surface area contributed by atoms with Gasteiger partial charge >= 0.3 is 0 Å². The van der Waals surface area contributed by atoms with Gasteiger partial charge in [-0.1, -0.05) is 6.07 Å². The lowest BCUT2D eigenvalue weighted by Gasteiger charge is -2.22. The van der Waals surface area contributed by atoms with Crippen molar-refractivity contribution in [2.24, 2.45) is 0 Å². The Balaban J connectivity index is 2.29. The van der Waals surface area contributed by atoms with E-state index in [9.17, 15) is 0 Å². The van der Waals surface area contributed by atoms with E-state index in [0.29, 0.717) is 18.4 Å². The van der Waals surface area contributed by atoms with E-state index in [-0.39, 0.29) is 5.95 Å². The third-order valence-electron chi connectivity index (χ3n) is 2.99. The monoisotopic (exact) mass is 287 g/mol. The molecule has 0 amide bonds. The van der Waals surface area contributed by atoms with E-state index in [1.54, 1.807) is 4.90 Å². The van der Waals surface area contributed by atoms with Crippen molar-refractivity contribution in [3.05, 3.63) is 29.6 Å². The van der Waals surface area contributed by atoms with Gasteiger partial charge in [-0.3, -0.25) is 4.98 Å². The lowest BCUT2D eigenvalue weighted by Crippen LogP contribution is -2.27. The van der Waals surface area contributed by atoms with Gasteiger partial charge in [0, 0.05) is 26.3 Å². The number of hydrogen-bond donors (Lipinski definition) is 1. The van der Waals surface area contributed by atoms with Gasteiger partial charge in [0.1, 0.15) is 0 Å². The molecule has 2 N–H and O–H groups in total. The molecule has 0 aliphatic carbocycles. The zero-order valence-corrected chi connectivity index (χ0v) is 12.9. The van der Waals surface area contributed by atoms with Crippen molar-refractivity contribution >= 4 is 17.8 Å². The number of hydrogen-bond acceptors (Lipinski definition) is 7. The maximum Gasteiger partial charge on any atom is 0.232 e. The van der Waals surface area contributed by atoms with Gasteiger partial charge in [0.25, 0.3) is 0 Å². The van der Waals surface area contributed by atoms with E-state index in [4.69, 9.17) is 5.73 Å². The maximum atomic E-state index is 5.78. The first-order valence-corrected chi connectivity index (χ1v) is 6.86. The van der Waals surface area contributed by atoms with E-state index >= 15 is 0 Å². The summed E-state index contributed by atoms with van der Waals surface area (Å²) in [6.45, 7) is 5.41. The molecule has 7 heteroatoms. The number of pyridine rings is 1. The van der Waals surface area contributed by atoms with Gasteiger partial charge in [-0.2, -0.15) is 15.0 Å². The molecule has 2 heterocycles. The van der Waals surface area contributed by atoms with Crippen LogP contribution in [0, 0.1) is 6.92 Å². The van der Waals surface area contributed by atoms with Crippen LogP contribution >= 0.6 is 0 Å². The molecule has 0 atom stereocenters. The summed E-state index contributed by atoms with van der Waals surface area (Å²) < 4.78 is 0. The van der Waals surface area contributed by atoms with Gasteiger partial charge in [-0.15, -0.1) is 0 Å². The molecule has 2 aromatic heterocycles. The number of anilines is 3. The Morgan fingerprint density at radius 3 is 2.38 bits per heavy atom. The van der Waals surface area contributed by atoms with E-state index < -0.39 is 0 Å².